The molecule has 1 rings (SSSR count). The van der Waals surface area contributed by atoms with Gasteiger partial charge in [0.05, 0.1) is 24.9 Å². The molecule has 4 heteroatoms. The maximum Gasteiger partial charge on any atom is 0.241 e. The summed E-state index contributed by atoms with van der Waals surface area (Å²) in [6, 6.07) is -0.0194. The van der Waals surface area contributed by atoms with Crippen molar-refractivity contribution in [3.8, 4) is 0 Å². The van der Waals surface area contributed by atoms with Crippen molar-refractivity contribution in [1.29, 1.82) is 0 Å². The van der Waals surface area contributed by atoms with Gasteiger partial charge < -0.3 is 9.64 Å². The van der Waals surface area contributed by atoms with Crippen LogP contribution in [0, 0.1) is 5.92 Å². The zero-order chi connectivity index (χ0) is 13.0. The molecule has 0 aromatic heterocycles. The Kier molecular flexibility index (Phi) is 5.40. The van der Waals surface area contributed by atoms with Gasteiger partial charge in [0.2, 0.25) is 5.91 Å². The molecular formula is C13H26N2O2. The summed E-state index contributed by atoms with van der Waals surface area (Å²) in [7, 11) is 0. The number of carbonyl (C=O) groups is 1. The minimum Gasteiger partial charge on any atom is -0.377 e. The highest BCUT2D eigenvalue weighted by Gasteiger charge is 2.38. The third-order valence-electron chi connectivity index (χ3n) is 3.43. The average Bonchev–Trinajstić information content (AvgIpc) is 2.55. The molecule has 3 unspecified atom stereocenters. The van der Waals surface area contributed by atoms with Crippen molar-refractivity contribution in [3.05, 3.63) is 0 Å². The van der Waals surface area contributed by atoms with Crippen LogP contribution in [0.4, 0.5) is 0 Å². The second kappa shape index (κ2) is 6.36. The van der Waals surface area contributed by atoms with Crippen molar-refractivity contribution in [2.45, 2.75) is 59.4 Å². The first-order valence-corrected chi connectivity index (χ1v) is 6.65. The van der Waals surface area contributed by atoms with Crippen LogP contribution in [0.15, 0.2) is 0 Å². The number of hydrogen-bond donors (Lipinski definition) is 1. The Labute approximate surface area is 105 Å². The summed E-state index contributed by atoms with van der Waals surface area (Å²) in [6.45, 7) is 11.6. The van der Waals surface area contributed by atoms with Gasteiger partial charge in [0.1, 0.15) is 0 Å². The highest BCUT2D eigenvalue weighted by molar-refractivity contribution is 5.84. The van der Waals surface area contributed by atoms with E-state index in [1.54, 1.807) is 0 Å². The van der Waals surface area contributed by atoms with E-state index in [9.17, 15) is 4.79 Å². The van der Waals surface area contributed by atoms with Crippen LogP contribution in [0.1, 0.15) is 41.0 Å². The molecule has 0 spiro atoms. The molecule has 17 heavy (non-hydrogen) atoms. The lowest BCUT2D eigenvalue weighted by atomic mass is 9.99. The zero-order valence-corrected chi connectivity index (χ0v) is 11.7. The number of hydrogen-bond acceptors (Lipinski definition) is 3. The number of amides is 1. The lowest BCUT2D eigenvalue weighted by molar-refractivity contribution is -0.131. The highest BCUT2D eigenvalue weighted by atomic mass is 16.5. The first-order valence-electron chi connectivity index (χ1n) is 6.65. The van der Waals surface area contributed by atoms with Gasteiger partial charge in [-0.05, 0) is 26.7 Å². The average molecular weight is 242 g/mol. The molecule has 1 aliphatic rings. The Balaban J connectivity index is 2.48. The van der Waals surface area contributed by atoms with E-state index >= 15 is 0 Å². The van der Waals surface area contributed by atoms with E-state index in [-0.39, 0.29) is 24.2 Å². The molecule has 0 aromatic rings. The smallest absolute Gasteiger partial charge is 0.241 e. The van der Waals surface area contributed by atoms with Crippen molar-refractivity contribution in [3.63, 3.8) is 0 Å². The maximum atomic E-state index is 12.2. The summed E-state index contributed by atoms with van der Waals surface area (Å²) in [6.07, 6.45) is 1.37. The van der Waals surface area contributed by atoms with Crippen molar-refractivity contribution in [1.82, 2.24) is 10.2 Å². The summed E-state index contributed by atoms with van der Waals surface area (Å²) >= 11 is 0. The Morgan fingerprint density at radius 1 is 1.41 bits per heavy atom. The SMILES string of the molecule is CCC(C)C1NC(C)N(CCOC(C)C)C1=O. The topological polar surface area (TPSA) is 41.6 Å². The van der Waals surface area contributed by atoms with E-state index in [0.29, 0.717) is 19.1 Å². The lowest BCUT2D eigenvalue weighted by Crippen LogP contribution is -2.37. The van der Waals surface area contributed by atoms with Crippen molar-refractivity contribution in [2.75, 3.05) is 13.2 Å². The van der Waals surface area contributed by atoms with Crippen LogP contribution < -0.4 is 5.32 Å². The second-order valence-corrected chi connectivity index (χ2v) is 5.16. The van der Waals surface area contributed by atoms with Gasteiger partial charge in [-0.15, -0.1) is 0 Å². The Bertz CT molecular complexity index is 256. The van der Waals surface area contributed by atoms with Gasteiger partial charge in [-0.25, -0.2) is 0 Å². The minimum absolute atomic E-state index is 0.0194. The Hall–Kier alpha value is -0.610. The molecule has 0 aromatic carbocycles. The van der Waals surface area contributed by atoms with E-state index in [0.717, 1.165) is 6.42 Å². The van der Waals surface area contributed by atoms with Crippen LogP contribution in [-0.4, -0.2) is 42.3 Å². The van der Waals surface area contributed by atoms with Crippen LogP contribution >= 0.6 is 0 Å². The quantitative estimate of drug-likeness (QED) is 0.769. The van der Waals surface area contributed by atoms with Gasteiger partial charge in [-0.3, -0.25) is 10.1 Å². The zero-order valence-electron chi connectivity index (χ0n) is 11.7. The summed E-state index contributed by atoms with van der Waals surface area (Å²) in [5, 5.41) is 3.36. The molecule has 1 heterocycles. The molecule has 1 amide bonds. The molecule has 0 radical (unpaired) electrons. The van der Waals surface area contributed by atoms with Crippen LogP contribution in [0.3, 0.4) is 0 Å². The largest absolute Gasteiger partial charge is 0.377 e. The number of ether oxygens (including phenoxy) is 1. The molecule has 3 atom stereocenters. The van der Waals surface area contributed by atoms with Gasteiger partial charge in [0.25, 0.3) is 0 Å². The number of nitrogens with zero attached hydrogens (tertiary/aromatic N) is 1. The molecular weight excluding hydrogens is 216 g/mol. The van der Waals surface area contributed by atoms with Crippen LogP contribution in [0.25, 0.3) is 0 Å². The molecule has 4 nitrogen and oxygen atoms in total. The van der Waals surface area contributed by atoms with Gasteiger partial charge in [-0.1, -0.05) is 20.3 Å². The number of carbonyl (C=O) groups excluding carboxylic acids is 1. The van der Waals surface area contributed by atoms with Crippen molar-refractivity contribution >= 4 is 5.91 Å². The summed E-state index contributed by atoms with van der Waals surface area (Å²) in [4.78, 5) is 14.1. The third kappa shape index (κ3) is 3.68. The first kappa shape index (κ1) is 14.5. The van der Waals surface area contributed by atoms with E-state index in [2.05, 4.69) is 19.2 Å². The monoisotopic (exact) mass is 242 g/mol. The normalized spacial score (nSPS) is 26.9. The molecule has 1 N–H and O–H groups in total. The third-order valence-corrected chi connectivity index (χ3v) is 3.43. The predicted molar refractivity (Wildman–Crippen MR) is 68.6 cm³/mol. The van der Waals surface area contributed by atoms with Gasteiger partial charge in [0, 0.05) is 6.54 Å². The van der Waals surface area contributed by atoms with E-state index < -0.39 is 0 Å². The predicted octanol–water partition coefficient (Wildman–Crippen LogP) is 1.60. The van der Waals surface area contributed by atoms with Gasteiger partial charge in [0.15, 0.2) is 0 Å². The molecule has 1 saturated heterocycles. The van der Waals surface area contributed by atoms with Gasteiger partial charge >= 0.3 is 0 Å². The van der Waals surface area contributed by atoms with E-state index in [1.807, 2.05) is 25.7 Å². The first-order chi connectivity index (χ1) is 7.97. The van der Waals surface area contributed by atoms with Gasteiger partial charge in [-0.2, -0.15) is 0 Å². The fourth-order valence-electron chi connectivity index (χ4n) is 2.12. The van der Waals surface area contributed by atoms with E-state index in [4.69, 9.17) is 4.74 Å². The fourth-order valence-corrected chi connectivity index (χ4v) is 2.12. The van der Waals surface area contributed by atoms with Crippen molar-refractivity contribution < 1.29 is 9.53 Å². The summed E-state index contributed by atoms with van der Waals surface area (Å²) in [5.74, 6) is 0.611. The minimum atomic E-state index is -0.0194. The molecule has 0 aliphatic carbocycles. The summed E-state index contributed by atoms with van der Waals surface area (Å²) < 4.78 is 5.50. The highest BCUT2D eigenvalue weighted by Crippen LogP contribution is 2.18. The molecule has 1 aliphatic heterocycles. The lowest BCUT2D eigenvalue weighted by Gasteiger charge is -2.21. The fraction of sp³-hybridized carbons (Fsp3) is 0.923. The Morgan fingerprint density at radius 2 is 2.06 bits per heavy atom. The molecule has 0 bridgehead atoms. The Morgan fingerprint density at radius 3 is 2.59 bits per heavy atom. The summed E-state index contributed by atoms with van der Waals surface area (Å²) in [5.41, 5.74) is 0. The second-order valence-electron chi connectivity index (χ2n) is 5.16. The van der Waals surface area contributed by atoms with E-state index in [1.165, 1.54) is 0 Å². The van der Waals surface area contributed by atoms with Crippen LogP contribution in [0.2, 0.25) is 0 Å². The maximum absolute atomic E-state index is 12.2. The van der Waals surface area contributed by atoms with Crippen LogP contribution in [0.5, 0.6) is 0 Å². The molecule has 100 valence electrons. The number of nitrogens with one attached hydrogen (secondary N) is 1. The van der Waals surface area contributed by atoms with Crippen LogP contribution in [-0.2, 0) is 9.53 Å². The molecule has 0 saturated carbocycles. The standard InChI is InChI=1S/C13H26N2O2/c1-6-10(4)12-13(16)15(11(5)14-12)7-8-17-9(2)3/h9-12,14H,6-8H2,1-5H3. The number of rotatable bonds is 6. The van der Waals surface area contributed by atoms with Crippen molar-refractivity contribution in [2.24, 2.45) is 5.92 Å². The molecule has 1 fully saturated rings.